The SMILES string of the molecule is Cc1c(-c2ccccc2)c(=O)oc2cc(OC(C)c3nnc(-c4ccc5ccccc5c4)o3)ccc12. The Morgan fingerprint density at radius 2 is 1.56 bits per heavy atom. The zero-order valence-corrected chi connectivity index (χ0v) is 19.8. The van der Waals surface area contributed by atoms with Gasteiger partial charge in [0.05, 0.1) is 5.56 Å². The van der Waals surface area contributed by atoms with Crippen molar-refractivity contribution in [2.75, 3.05) is 0 Å². The van der Waals surface area contributed by atoms with Gasteiger partial charge in [-0.05, 0) is 60.0 Å². The standard InChI is InChI=1S/C30H22N2O4/c1-18-25-15-14-24(17-26(25)35-30(33)27(18)21-9-4-3-5-10-21)34-19(2)28-31-32-29(36-28)23-13-12-20-8-6-7-11-22(20)16-23/h3-17,19H,1-2H3. The number of aryl methyl sites for hydroxylation is 1. The fourth-order valence-electron chi connectivity index (χ4n) is 4.44. The number of hydrogen-bond donors (Lipinski definition) is 0. The van der Waals surface area contributed by atoms with Crippen molar-refractivity contribution in [3.63, 3.8) is 0 Å². The third-order valence-electron chi connectivity index (χ3n) is 6.30. The average molecular weight is 475 g/mol. The van der Waals surface area contributed by atoms with Crippen LogP contribution in [0.1, 0.15) is 24.5 Å². The Balaban J connectivity index is 1.27. The Hall–Kier alpha value is -4.71. The molecule has 0 aliphatic heterocycles. The fraction of sp³-hybridized carbons (Fsp3) is 0.100. The fourth-order valence-corrected chi connectivity index (χ4v) is 4.44. The average Bonchev–Trinajstić information content (AvgIpc) is 3.40. The van der Waals surface area contributed by atoms with E-state index in [1.807, 2.05) is 92.7 Å². The van der Waals surface area contributed by atoms with Gasteiger partial charge in [-0.3, -0.25) is 0 Å². The van der Waals surface area contributed by atoms with Gasteiger partial charge in [-0.1, -0.05) is 60.7 Å². The van der Waals surface area contributed by atoms with Gasteiger partial charge < -0.3 is 13.6 Å². The highest BCUT2D eigenvalue weighted by atomic mass is 16.5. The summed E-state index contributed by atoms with van der Waals surface area (Å²) in [6.45, 7) is 3.76. The van der Waals surface area contributed by atoms with Crippen LogP contribution in [-0.2, 0) is 0 Å². The third-order valence-corrected chi connectivity index (χ3v) is 6.30. The first kappa shape index (κ1) is 21.8. The van der Waals surface area contributed by atoms with E-state index in [9.17, 15) is 4.79 Å². The van der Waals surface area contributed by atoms with Crippen molar-refractivity contribution < 1.29 is 13.6 Å². The van der Waals surface area contributed by atoms with Gasteiger partial charge in [-0.2, -0.15) is 0 Å². The van der Waals surface area contributed by atoms with Gasteiger partial charge in [-0.15, -0.1) is 10.2 Å². The zero-order valence-electron chi connectivity index (χ0n) is 19.8. The van der Waals surface area contributed by atoms with Gasteiger partial charge in [0.2, 0.25) is 5.89 Å². The minimum Gasteiger partial charge on any atom is -0.481 e. The topological polar surface area (TPSA) is 78.4 Å². The maximum atomic E-state index is 12.8. The molecule has 6 aromatic rings. The van der Waals surface area contributed by atoms with Crippen molar-refractivity contribution in [1.82, 2.24) is 10.2 Å². The summed E-state index contributed by atoms with van der Waals surface area (Å²) in [5.74, 6) is 1.32. The van der Waals surface area contributed by atoms with Crippen LogP contribution in [0.5, 0.6) is 5.75 Å². The van der Waals surface area contributed by atoms with Crippen molar-refractivity contribution in [1.29, 1.82) is 0 Å². The quantitative estimate of drug-likeness (QED) is 0.248. The summed E-state index contributed by atoms with van der Waals surface area (Å²) in [4.78, 5) is 12.8. The molecule has 0 N–H and O–H groups in total. The van der Waals surface area contributed by atoms with E-state index in [4.69, 9.17) is 13.6 Å². The van der Waals surface area contributed by atoms with E-state index in [0.717, 1.165) is 32.8 Å². The molecule has 6 rings (SSSR count). The molecule has 0 bridgehead atoms. The Morgan fingerprint density at radius 3 is 2.39 bits per heavy atom. The minimum absolute atomic E-state index is 0.357. The molecule has 6 heteroatoms. The maximum Gasteiger partial charge on any atom is 0.344 e. The van der Waals surface area contributed by atoms with Gasteiger partial charge in [0.1, 0.15) is 11.3 Å². The molecule has 36 heavy (non-hydrogen) atoms. The second-order valence-electron chi connectivity index (χ2n) is 8.68. The van der Waals surface area contributed by atoms with E-state index < -0.39 is 6.10 Å². The summed E-state index contributed by atoms with van der Waals surface area (Å²) in [6, 6.07) is 29.1. The summed E-state index contributed by atoms with van der Waals surface area (Å²) in [5, 5.41) is 11.5. The van der Waals surface area contributed by atoms with Gasteiger partial charge >= 0.3 is 5.63 Å². The summed E-state index contributed by atoms with van der Waals surface area (Å²) < 4.78 is 17.7. The van der Waals surface area contributed by atoms with Crippen molar-refractivity contribution in [3.05, 3.63) is 113 Å². The summed E-state index contributed by atoms with van der Waals surface area (Å²) in [6.07, 6.45) is -0.499. The van der Waals surface area contributed by atoms with Crippen LogP contribution >= 0.6 is 0 Å². The molecule has 0 saturated carbocycles. The molecule has 4 aromatic carbocycles. The lowest BCUT2D eigenvalue weighted by atomic mass is 10.00. The smallest absolute Gasteiger partial charge is 0.344 e. The van der Waals surface area contributed by atoms with Crippen LogP contribution in [0.4, 0.5) is 0 Å². The number of ether oxygens (including phenoxy) is 1. The maximum absolute atomic E-state index is 12.8. The first-order chi connectivity index (χ1) is 17.6. The van der Waals surface area contributed by atoms with Gasteiger partial charge in [0, 0.05) is 17.0 Å². The molecule has 0 aliphatic rings. The molecule has 1 unspecified atom stereocenters. The van der Waals surface area contributed by atoms with E-state index in [2.05, 4.69) is 16.3 Å². The number of aromatic nitrogens is 2. The monoisotopic (exact) mass is 474 g/mol. The largest absolute Gasteiger partial charge is 0.481 e. The van der Waals surface area contributed by atoms with Crippen LogP contribution in [0, 0.1) is 6.92 Å². The Kier molecular flexibility index (Phi) is 5.34. The normalized spacial score (nSPS) is 12.2. The zero-order chi connectivity index (χ0) is 24.6. The number of benzene rings is 4. The summed E-state index contributed by atoms with van der Waals surface area (Å²) >= 11 is 0. The molecular formula is C30H22N2O4. The van der Waals surface area contributed by atoms with Crippen LogP contribution in [0.25, 0.3) is 44.3 Å². The van der Waals surface area contributed by atoms with Gasteiger partial charge in [-0.25, -0.2) is 4.79 Å². The highest BCUT2D eigenvalue weighted by Crippen LogP contribution is 2.31. The highest BCUT2D eigenvalue weighted by molar-refractivity contribution is 5.88. The predicted molar refractivity (Wildman–Crippen MR) is 139 cm³/mol. The molecule has 0 amide bonds. The van der Waals surface area contributed by atoms with Crippen LogP contribution in [0.2, 0.25) is 0 Å². The number of hydrogen-bond acceptors (Lipinski definition) is 6. The number of fused-ring (bicyclic) bond motifs is 2. The minimum atomic E-state index is -0.499. The first-order valence-electron chi connectivity index (χ1n) is 11.7. The molecule has 176 valence electrons. The van der Waals surface area contributed by atoms with E-state index in [-0.39, 0.29) is 5.63 Å². The highest BCUT2D eigenvalue weighted by Gasteiger charge is 2.18. The molecule has 0 spiro atoms. The lowest BCUT2D eigenvalue weighted by Gasteiger charge is -2.13. The Morgan fingerprint density at radius 1 is 0.778 bits per heavy atom. The first-order valence-corrected chi connectivity index (χ1v) is 11.7. The van der Waals surface area contributed by atoms with Crippen LogP contribution in [-0.4, -0.2) is 10.2 Å². The number of nitrogens with zero attached hydrogens (tertiary/aromatic N) is 2. The second kappa shape index (κ2) is 8.82. The third kappa shape index (κ3) is 3.92. The molecule has 0 saturated heterocycles. The van der Waals surface area contributed by atoms with Crippen LogP contribution in [0.3, 0.4) is 0 Å². The van der Waals surface area contributed by atoms with E-state index in [0.29, 0.717) is 28.7 Å². The summed E-state index contributed by atoms with van der Waals surface area (Å²) in [5.41, 5.74) is 3.19. The molecule has 0 aliphatic carbocycles. The molecule has 6 nitrogen and oxygen atoms in total. The molecule has 2 aromatic heterocycles. The second-order valence-corrected chi connectivity index (χ2v) is 8.68. The molecule has 2 heterocycles. The van der Waals surface area contributed by atoms with E-state index in [1.54, 1.807) is 6.07 Å². The Bertz CT molecular complexity index is 1770. The summed E-state index contributed by atoms with van der Waals surface area (Å²) in [7, 11) is 0. The molecule has 0 radical (unpaired) electrons. The van der Waals surface area contributed by atoms with Crippen molar-refractivity contribution >= 4 is 21.7 Å². The lowest BCUT2D eigenvalue weighted by Crippen LogP contribution is -2.07. The van der Waals surface area contributed by atoms with Gasteiger partial charge in [0.25, 0.3) is 5.89 Å². The van der Waals surface area contributed by atoms with Crippen molar-refractivity contribution in [2.24, 2.45) is 0 Å². The Labute approximate surface area is 206 Å². The lowest BCUT2D eigenvalue weighted by molar-refractivity contribution is 0.189. The molecule has 1 atom stereocenters. The van der Waals surface area contributed by atoms with Crippen LogP contribution < -0.4 is 10.4 Å². The van der Waals surface area contributed by atoms with Crippen LogP contribution in [0.15, 0.2) is 105 Å². The van der Waals surface area contributed by atoms with Crippen molar-refractivity contribution in [2.45, 2.75) is 20.0 Å². The predicted octanol–water partition coefficient (Wildman–Crippen LogP) is 7.11. The number of rotatable bonds is 5. The van der Waals surface area contributed by atoms with E-state index in [1.165, 1.54) is 0 Å². The van der Waals surface area contributed by atoms with E-state index >= 15 is 0 Å². The van der Waals surface area contributed by atoms with Crippen molar-refractivity contribution in [3.8, 4) is 28.3 Å². The molecular weight excluding hydrogens is 452 g/mol. The molecule has 0 fully saturated rings. The van der Waals surface area contributed by atoms with Gasteiger partial charge in [0.15, 0.2) is 6.10 Å².